The van der Waals surface area contributed by atoms with Crippen LogP contribution in [0.3, 0.4) is 0 Å². The first-order valence-electron chi connectivity index (χ1n) is 23.3. The summed E-state index contributed by atoms with van der Waals surface area (Å²) in [6.45, 7) is 3.66. The Morgan fingerprint density at radius 1 is 0.542 bits per heavy atom. The van der Waals surface area contributed by atoms with Gasteiger partial charge >= 0.3 is 5.97 Å². The van der Waals surface area contributed by atoms with Crippen molar-refractivity contribution in [2.75, 3.05) is 33.0 Å². The second-order valence-electron chi connectivity index (χ2n) is 16.6. The molecule has 2 aliphatic rings. The Hall–Kier alpha value is -1.27. The highest BCUT2D eigenvalue weighted by Gasteiger charge is 2.47. The Balaban J connectivity index is 1.79. The minimum atomic E-state index is -1.70. The predicted octanol–water partition coefficient (Wildman–Crippen LogP) is 5.51. The Morgan fingerprint density at radius 2 is 1.00 bits per heavy atom. The van der Waals surface area contributed by atoms with Crippen molar-refractivity contribution in [2.45, 2.75) is 235 Å². The number of hydrogen-bond donors (Lipinski definition) is 7. The van der Waals surface area contributed by atoms with Crippen LogP contribution in [0.4, 0.5) is 0 Å². The zero-order valence-electron chi connectivity index (χ0n) is 36.5. The summed E-state index contributed by atoms with van der Waals surface area (Å²) in [6.07, 6.45) is 15.7. The molecule has 59 heavy (non-hydrogen) atoms. The van der Waals surface area contributed by atoms with E-state index in [1.807, 2.05) is 0 Å². The number of aliphatic hydroxyl groups excluding tert-OH is 7. The largest absolute Gasteiger partial charge is 0.457 e. The van der Waals surface area contributed by atoms with Crippen LogP contribution in [0.2, 0.25) is 0 Å². The quantitative estimate of drug-likeness (QED) is 0.0235. The summed E-state index contributed by atoms with van der Waals surface area (Å²) in [5.74, 6) is -0.384. The number of hydrogen-bond acceptors (Lipinski definition) is 14. The summed E-state index contributed by atoms with van der Waals surface area (Å²) in [6, 6.07) is 0. The van der Waals surface area contributed by atoms with E-state index in [0.29, 0.717) is 13.0 Å². The summed E-state index contributed by atoms with van der Waals surface area (Å²) >= 11 is 0. The van der Waals surface area contributed by atoms with Crippen molar-refractivity contribution in [3.8, 4) is 0 Å². The number of carbonyl (C=O) groups is 1. The maximum absolute atomic E-state index is 12.9. The van der Waals surface area contributed by atoms with Crippen molar-refractivity contribution in [2.24, 2.45) is 0 Å². The summed E-state index contributed by atoms with van der Waals surface area (Å²) < 4.78 is 34.1. The number of allylic oxidation sites excluding steroid dienone is 2. The zero-order valence-corrected chi connectivity index (χ0v) is 36.5. The maximum Gasteiger partial charge on any atom is 0.306 e. The number of unbranched alkanes of at least 4 members (excludes halogenated alkanes) is 20. The Bertz CT molecular complexity index is 1030. The fraction of sp³-hybridized carbons (Fsp3) is 0.933. The normalized spacial score (nSPS) is 28.0. The Morgan fingerprint density at radius 3 is 1.54 bits per heavy atom. The molecule has 0 radical (unpaired) electrons. The molecule has 0 aromatic carbocycles. The average molecular weight is 849 g/mol. The van der Waals surface area contributed by atoms with E-state index in [1.54, 1.807) is 0 Å². The number of esters is 1. The van der Waals surface area contributed by atoms with E-state index < -0.39 is 80.7 Å². The van der Waals surface area contributed by atoms with Crippen LogP contribution in [0, 0.1) is 0 Å². The molecule has 2 aliphatic heterocycles. The summed E-state index contributed by atoms with van der Waals surface area (Å²) in [4.78, 5) is 12.9. The molecule has 2 fully saturated rings. The van der Waals surface area contributed by atoms with Crippen molar-refractivity contribution in [3.63, 3.8) is 0 Å². The third kappa shape index (κ3) is 23.1. The molecule has 0 aromatic rings. The van der Waals surface area contributed by atoms with Gasteiger partial charge in [-0.05, 0) is 38.5 Å². The highest BCUT2D eigenvalue weighted by atomic mass is 16.7. The van der Waals surface area contributed by atoms with Gasteiger partial charge in [0, 0.05) is 13.0 Å². The van der Waals surface area contributed by atoms with E-state index in [9.17, 15) is 40.5 Å². The first-order chi connectivity index (χ1) is 28.6. The molecular weight excluding hydrogens is 764 g/mol. The molecule has 348 valence electrons. The van der Waals surface area contributed by atoms with Gasteiger partial charge in [-0.15, -0.1) is 0 Å². The highest BCUT2D eigenvalue weighted by Crippen LogP contribution is 2.26. The van der Waals surface area contributed by atoms with Crippen molar-refractivity contribution >= 4 is 5.97 Å². The van der Waals surface area contributed by atoms with Gasteiger partial charge in [-0.1, -0.05) is 135 Å². The van der Waals surface area contributed by atoms with Gasteiger partial charge < -0.3 is 64.2 Å². The van der Waals surface area contributed by atoms with E-state index >= 15 is 0 Å². The number of aliphatic hydroxyl groups is 7. The number of ether oxygens (including phenoxy) is 6. The van der Waals surface area contributed by atoms with Crippen LogP contribution < -0.4 is 0 Å². The maximum atomic E-state index is 12.9. The molecule has 0 aromatic heterocycles. The second-order valence-corrected chi connectivity index (χ2v) is 16.6. The van der Waals surface area contributed by atoms with Gasteiger partial charge in [0.2, 0.25) is 0 Å². The molecule has 2 rings (SSSR count). The molecule has 2 saturated heterocycles. The predicted molar refractivity (Wildman–Crippen MR) is 224 cm³/mol. The van der Waals surface area contributed by atoms with Crippen molar-refractivity contribution in [1.82, 2.24) is 0 Å². The van der Waals surface area contributed by atoms with E-state index in [2.05, 4.69) is 26.0 Å². The average Bonchev–Trinajstić information content (AvgIpc) is 3.23. The third-order valence-electron chi connectivity index (χ3n) is 11.3. The standard InChI is InChI=1S/C45H84O14/c1-3-5-7-9-11-13-14-15-16-17-18-19-20-22-24-26-28-37(47)57-34(31-54-29-27-25-23-21-12-10-8-6-4-2)32-55-44-43(53)41(51)39(49)36(59-44)33-56-45-42(52)40(50)38(48)35(30-46)58-45/h16-17,34-36,38-46,48-53H,3-15,18-33H2,1-2H3/b17-16-. The summed E-state index contributed by atoms with van der Waals surface area (Å²) in [5, 5.41) is 71.8. The fourth-order valence-electron chi connectivity index (χ4n) is 7.40. The van der Waals surface area contributed by atoms with Crippen molar-refractivity contribution in [1.29, 1.82) is 0 Å². The van der Waals surface area contributed by atoms with Crippen LogP contribution in [-0.2, 0) is 33.2 Å². The van der Waals surface area contributed by atoms with E-state index in [4.69, 9.17) is 28.4 Å². The lowest BCUT2D eigenvalue weighted by Crippen LogP contribution is -2.61. The molecule has 0 spiro atoms. The minimum absolute atomic E-state index is 0.0624. The van der Waals surface area contributed by atoms with Gasteiger partial charge in [-0.25, -0.2) is 0 Å². The van der Waals surface area contributed by atoms with Crippen LogP contribution in [0.25, 0.3) is 0 Å². The molecular formula is C45H84O14. The smallest absolute Gasteiger partial charge is 0.306 e. The third-order valence-corrected chi connectivity index (χ3v) is 11.3. The molecule has 0 bridgehead atoms. The van der Waals surface area contributed by atoms with Crippen LogP contribution >= 0.6 is 0 Å². The van der Waals surface area contributed by atoms with Gasteiger partial charge in [0.1, 0.15) is 54.9 Å². The van der Waals surface area contributed by atoms with E-state index in [-0.39, 0.29) is 25.6 Å². The molecule has 0 aliphatic carbocycles. The molecule has 14 heteroatoms. The molecule has 14 nitrogen and oxygen atoms in total. The van der Waals surface area contributed by atoms with Crippen LogP contribution in [0.15, 0.2) is 12.2 Å². The number of rotatable bonds is 36. The van der Waals surface area contributed by atoms with Gasteiger partial charge in [0.15, 0.2) is 12.6 Å². The lowest BCUT2D eigenvalue weighted by molar-refractivity contribution is -0.332. The summed E-state index contributed by atoms with van der Waals surface area (Å²) in [5.41, 5.74) is 0. The Labute approximate surface area is 354 Å². The first kappa shape index (κ1) is 53.9. The summed E-state index contributed by atoms with van der Waals surface area (Å²) in [7, 11) is 0. The molecule has 11 atom stereocenters. The SMILES string of the molecule is CCCCCCCCC/C=C\CCCCCCCC(=O)OC(COCCCCCCCCCCC)COC1OC(COC2OC(CO)C(O)C(O)C2O)C(O)C(O)C1O. The number of carbonyl (C=O) groups excluding carboxylic acids is 1. The van der Waals surface area contributed by atoms with Crippen LogP contribution in [0.1, 0.15) is 168 Å². The van der Waals surface area contributed by atoms with Crippen molar-refractivity contribution in [3.05, 3.63) is 12.2 Å². The van der Waals surface area contributed by atoms with E-state index in [0.717, 1.165) is 57.8 Å². The van der Waals surface area contributed by atoms with Gasteiger partial charge in [0.25, 0.3) is 0 Å². The van der Waals surface area contributed by atoms with Crippen LogP contribution in [0.5, 0.6) is 0 Å². The molecule has 2 heterocycles. The monoisotopic (exact) mass is 849 g/mol. The molecule has 0 amide bonds. The van der Waals surface area contributed by atoms with Gasteiger partial charge in [-0.2, -0.15) is 0 Å². The molecule has 7 N–H and O–H groups in total. The van der Waals surface area contributed by atoms with E-state index in [1.165, 1.54) is 83.5 Å². The molecule has 0 saturated carbocycles. The van der Waals surface area contributed by atoms with Gasteiger partial charge in [0.05, 0.1) is 26.4 Å². The van der Waals surface area contributed by atoms with Gasteiger partial charge in [-0.3, -0.25) is 4.79 Å². The minimum Gasteiger partial charge on any atom is -0.457 e. The first-order valence-corrected chi connectivity index (χ1v) is 23.3. The fourth-order valence-corrected chi connectivity index (χ4v) is 7.40. The Kier molecular flexibility index (Phi) is 31.3. The topological polar surface area (TPSA) is 214 Å². The second kappa shape index (κ2) is 34.2. The lowest BCUT2D eigenvalue weighted by Gasteiger charge is -2.42. The highest BCUT2D eigenvalue weighted by molar-refractivity contribution is 5.69. The zero-order chi connectivity index (χ0) is 43.1. The lowest BCUT2D eigenvalue weighted by atomic mass is 9.98. The molecule has 11 unspecified atom stereocenters. The van der Waals surface area contributed by atoms with Crippen molar-refractivity contribution < 1.29 is 69.0 Å². The van der Waals surface area contributed by atoms with Crippen LogP contribution in [-0.4, -0.2) is 142 Å².